The zero-order valence-corrected chi connectivity index (χ0v) is 15.7. The number of hydrogen-bond acceptors (Lipinski definition) is 4. The minimum absolute atomic E-state index is 0.104. The summed E-state index contributed by atoms with van der Waals surface area (Å²) in [6.45, 7) is 10.9. The Bertz CT molecular complexity index is 327. The van der Waals surface area contributed by atoms with Gasteiger partial charge in [-0.3, -0.25) is 9.59 Å². The Morgan fingerprint density at radius 2 is 1.26 bits per heavy atom. The molecule has 0 aliphatic rings. The Labute approximate surface area is 142 Å². The maximum atomic E-state index is 12.4. The van der Waals surface area contributed by atoms with Gasteiger partial charge in [-0.1, -0.05) is 66.7 Å². The molecule has 0 radical (unpaired) electrons. The van der Waals surface area contributed by atoms with E-state index in [9.17, 15) is 9.59 Å². The summed E-state index contributed by atoms with van der Waals surface area (Å²) in [6, 6.07) is 0. The Kier molecular flexibility index (Phi) is 12.8. The van der Waals surface area contributed by atoms with Gasteiger partial charge >= 0.3 is 11.9 Å². The number of hydrogen-bond donors (Lipinski definition) is 0. The summed E-state index contributed by atoms with van der Waals surface area (Å²) in [7, 11) is 0. The molecule has 0 aromatic rings. The van der Waals surface area contributed by atoms with Gasteiger partial charge < -0.3 is 9.47 Å². The minimum Gasteiger partial charge on any atom is -0.465 e. The highest BCUT2D eigenvalue weighted by atomic mass is 16.5. The van der Waals surface area contributed by atoms with Gasteiger partial charge in [0, 0.05) is 0 Å². The zero-order chi connectivity index (χ0) is 17.7. The summed E-state index contributed by atoms with van der Waals surface area (Å²) in [5.41, 5.74) is 0. The minimum atomic E-state index is -0.453. The molecule has 3 unspecified atom stereocenters. The van der Waals surface area contributed by atoms with E-state index in [-0.39, 0.29) is 17.9 Å². The summed E-state index contributed by atoms with van der Waals surface area (Å²) >= 11 is 0. The van der Waals surface area contributed by atoms with Gasteiger partial charge in [0.1, 0.15) is 0 Å². The Balaban J connectivity index is 4.55. The maximum absolute atomic E-state index is 12.4. The molecule has 4 nitrogen and oxygen atoms in total. The fourth-order valence-corrected chi connectivity index (χ4v) is 2.61. The van der Waals surface area contributed by atoms with Crippen LogP contribution in [0, 0.1) is 17.8 Å². The predicted molar refractivity (Wildman–Crippen MR) is 93.1 cm³/mol. The van der Waals surface area contributed by atoms with Gasteiger partial charge in [0.15, 0.2) is 0 Å². The molecule has 0 fully saturated rings. The zero-order valence-electron chi connectivity index (χ0n) is 15.7. The van der Waals surface area contributed by atoms with Crippen LogP contribution in [-0.2, 0) is 19.1 Å². The van der Waals surface area contributed by atoms with Gasteiger partial charge in [-0.15, -0.1) is 0 Å². The van der Waals surface area contributed by atoms with Crippen LogP contribution in [0.4, 0.5) is 0 Å². The summed E-state index contributed by atoms with van der Waals surface area (Å²) in [4.78, 5) is 24.6. The molecule has 0 aliphatic heterocycles. The molecule has 0 heterocycles. The van der Waals surface area contributed by atoms with Crippen LogP contribution in [0.3, 0.4) is 0 Å². The molecule has 136 valence electrons. The topological polar surface area (TPSA) is 52.6 Å². The van der Waals surface area contributed by atoms with Crippen LogP contribution >= 0.6 is 0 Å². The first-order valence-corrected chi connectivity index (χ1v) is 9.32. The molecule has 0 saturated heterocycles. The fourth-order valence-electron chi connectivity index (χ4n) is 2.61. The van der Waals surface area contributed by atoms with E-state index in [1.54, 1.807) is 6.92 Å². The van der Waals surface area contributed by atoms with Crippen molar-refractivity contribution < 1.29 is 19.1 Å². The van der Waals surface area contributed by atoms with Gasteiger partial charge in [-0.25, -0.2) is 0 Å². The second-order valence-corrected chi connectivity index (χ2v) is 6.45. The van der Waals surface area contributed by atoms with E-state index >= 15 is 0 Å². The molecule has 0 aromatic heterocycles. The van der Waals surface area contributed by atoms with Gasteiger partial charge in [0.05, 0.1) is 25.0 Å². The SMILES string of the molecule is CCCCCOC(=O)C(C)C(C(=O)OCCCCC)C(C)CC. The number of carbonyl (C=O) groups is 2. The average molecular weight is 328 g/mol. The molecule has 0 spiro atoms. The molecule has 0 amide bonds. The Morgan fingerprint density at radius 1 is 0.783 bits per heavy atom. The number of ether oxygens (including phenoxy) is 2. The molecule has 0 bridgehead atoms. The monoisotopic (exact) mass is 328 g/mol. The normalized spacial score (nSPS) is 14.8. The first kappa shape index (κ1) is 21.9. The lowest BCUT2D eigenvalue weighted by molar-refractivity contribution is -0.162. The van der Waals surface area contributed by atoms with Gasteiger partial charge in [0.2, 0.25) is 0 Å². The van der Waals surface area contributed by atoms with E-state index in [4.69, 9.17) is 9.47 Å². The lowest BCUT2D eigenvalue weighted by Gasteiger charge is -2.26. The van der Waals surface area contributed by atoms with Crippen molar-refractivity contribution in [3.05, 3.63) is 0 Å². The van der Waals surface area contributed by atoms with Crippen molar-refractivity contribution in [2.24, 2.45) is 17.8 Å². The van der Waals surface area contributed by atoms with Crippen molar-refractivity contribution in [3.63, 3.8) is 0 Å². The molecule has 3 atom stereocenters. The highest BCUT2D eigenvalue weighted by Crippen LogP contribution is 2.26. The third-order valence-corrected chi connectivity index (χ3v) is 4.42. The van der Waals surface area contributed by atoms with Crippen LogP contribution in [0.1, 0.15) is 79.6 Å². The number of rotatable bonds is 13. The van der Waals surface area contributed by atoms with Gasteiger partial charge in [-0.05, 0) is 18.8 Å². The van der Waals surface area contributed by atoms with Crippen molar-refractivity contribution in [2.75, 3.05) is 13.2 Å². The Morgan fingerprint density at radius 3 is 1.70 bits per heavy atom. The van der Waals surface area contributed by atoms with E-state index in [2.05, 4.69) is 13.8 Å². The van der Waals surface area contributed by atoms with Crippen LogP contribution in [0.15, 0.2) is 0 Å². The third kappa shape index (κ3) is 8.97. The number of carbonyl (C=O) groups excluding carboxylic acids is 2. The second kappa shape index (κ2) is 13.4. The smallest absolute Gasteiger partial charge is 0.310 e. The Hall–Kier alpha value is -1.06. The first-order chi connectivity index (χ1) is 11.0. The van der Waals surface area contributed by atoms with Crippen molar-refractivity contribution in [1.82, 2.24) is 0 Å². The van der Waals surface area contributed by atoms with E-state index in [0.29, 0.717) is 13.2 Å². The van der Waals surface area contributed by atoms with Crippen LogP contribution in [0.2, 0.25) is 0 Å². The fraction of sp³-hybridized carbons (Fsp3) is 0.895. The van der Waals surface area contributed by atoms with Crippen molar-refractivity contribution in [1.29, 1.82) is 0 Å². The molecule has 0 saturated carbocycles. The van der Waals surface area contributed by atoms with Crippen molar-refractivity contribution in [2.45, 2.75) is 79.6 Å². The van der Waals surface area contributed by atoms with Gasteiger partial charge in [-0.2, -0.15) is 0 Å². The summed E-state index contributed by atoms with van der Waals surface area (Å²) in [6.07, 6.45) is 6.88. The van der Waals surface area contributed by atoms with Crippen LogP contribution in [0.25, 0.3) is 0 Å². The van der Waals surface area contributed by atoms with Crippen molar-refractivity contribution >= 4 is 11.9 Å². The molecule has 0 aliphatic carbocycles. The first-order valence-electron chi connectivity index (χ1n) is 9.32. The summed E-state index contributed by atoms with van der Waals surface area (Å²) < 4.78 is 10.7. The predicted octanol–water partition coefficient (Wildman–Crippen LogP) is 4.75. The molecule has 0 N–H and O–H groups in total. The van der Waals surface area contributed by atoms with Crippen LogP contribution in [-0.4, -0.2) is 25.2 Å². The van der Waals surface area contributed by atoms with Crippen LogP contribution in [0.5, 0.6) is 0 Å². The summed E-state index contributed by atoms with van der Waals surface area (Å²) in [5.74, 6) is -1.30. The molecule has 4 heteroatoms. The second-order valence-electron chi connectivity index (χ2n) is 6.45. The van der Waals surface area contributed by atoms with Gasteiger partial charge in [0.25, 0.3) is 0 Å². The average Bonchev–Trinajstić information content (AvgIpc) is 2.55. The standard InChI is InChI=1S/C19H36O4/c1-6-9-11-13-22-18(20)16(5)17(15(4)8-3)19(21)23-14-12-10-7-2/h15-17H,6-14H2,1-5H3. The van der Waals surface area contributed by atoms with E-state index in [1.807, 2.05) is 13.8 Å². The molecule has 23 heavy (non-hydrogen) atoms. The van der Waals surface area contributed by atoms with E-state index in [0.717, 1.165) is 44.9 Å². The number of unbranched alkanes of at least 4 members (excludes halogenated alkanes) is 4. The molecule has 0 rings (SSSR count). The lowest BCUT2D eigenvalue weighted by Crippen LogP contribution is -2.35. The lowest BCUT2D eigenvalue weighted by atomic mass is 9.82. The largest absolute Gasteiger partial charge is 0.465 e. The molecular weight excluding hydrogens is 292 g/mol. The highest BCUT2D eigenvalue weighted by molar-refractivity contribution is 5.82. The third-order valence-electron chi connectivity index (χ3n) is 4.42. The maximum Gasteiger partial charge on any atom is 0.310 e. The van der Waals surface area contributed by atoms with Crippen molar-refractivity contribution in [3.8, 4) is 0 Å². The molecular formula is C19H36O4. The quantitative estimate of drug-likeness (QED) is 0.361. The number of esters is 2. The molecule has 0 aromatic carbocycles. The highest BCUT2D eigenvalue weighted by Gasteiger charge is 2.36. The van der Waals surface area contributed by atoms with Crippen LogP contribution < -0.4 is 0 Å². The van der Waals surface area contributed by atoms with E-state index < -0.39 is 11.8 Å². The summed E-state index contributed by atoms with van der Waals surface area (Å²) in [5, 5.41) is 0. The van der Waals surface area contributed by atoms with E-state index in [1.165, 1.54) is 0 Å².